The molecule has 0 saturated heterocycles. The SMILES string of the molecule is CC1=NN(CCO)C(=O)C1=C1C=CN(CCO)C=C1. The molecule has 0 aromatic heterocycles. The fourth-order valence-electron chi connectivity index (χ4n) is 2.03. The number of carbonyl (C=O) groups excluding carboxylic acids is 1. The highest BCUT2D eigenvalue weighted by Crippen LogP contribution is 2.22. The lowest BCUT2D eigenvalue weighted by Gasteiger charge is -2.18. The quantitative estimate of drug-likeness (QED) is 0.690. The summed E-state index contributed by atoms with van der Waals surface area (Å²) < 4.78 is 0. The highest BCUT2D eigenvalue weighted by atomic mass is 16.3. The Morgan fingerprint density at radius 1 is 1.16 bits per heavy atom. The van der Waals surface area contributed by atoms with Crippen LogP contribution in [-0.2, 0) is 4.79 Å². The molecule has 2 N–H and O–H groups in total. The molecule has 0 aromatic carbocycles. The molecular formula is C13H17N3O3. The molecular weight excluding hydrogens is 246 g/mol. The Morgan fingerprint density at radius 2 is 1.79 bits per heavy atom. The van der Waals surface area contributed by atoms with Crippen molar-refractivity contribution in [3.8, 4) is 0 Å². The van der Waals surface area contributed by atoms with Gasteiger partial charge in [-0.2, -0.15) is 5.10 Å². The van der Waals surface area contributed by atoms with Crippen LogP contribution in [0.4, 0.5) is 0 Å². The first-order chi connectivity index (χ1) is 9.17. The number of β-amino-alcohol motifs (C(OH)–C–C–N with tert-alkyl or cyclic N) is 2. The smallest absolute Gasteiger partial charge is 0.276 e. The van der Waals surface area contributed by atoms with Gasteiger partial charge in [0.2, 0.25) is 0 Å². The zero-order chi connectivity index (χ0) is 13.8. The normalized spacial score (nSPS) is 18.7. The van der Waals surface area contributed by atoms with Gasteiger partial charge in [-0.05, 0) is 24.6 Å². The van der Waals surface area contributed by atoms with Gasteiger partial charge in [-0.15, -0.1) is 0 Å². The molecule has 0 radical (unpaired) electrons. The maximum atomic E-state index is 12.1. The average molecular weight is 263 g/mol. The summed E-state index contributed by atoms with van der Waals surface area (Å²) in [5.41, 5.74) is 2.00. The number of carbonyl (C=O) groups is 1. The minimum absolute atomic E-state index is 0.0737. The first-order valence-corrected chi connectivity index (χ1v) is 6.13. The lowest BCUT2D eigenvalue weighted by Crippen LogP contribution is -2.26. The molecule has 0 fully saturated rings. The Kier molecular flexibility index (Phi) is 4.13. The van der Waals surface area contributed by atoms with Crippen LogP contribution in [0.2, 0.25) is 0 Å². The van der Waals surface area contributed by atoms with Crippen LogP contribution in [0.5, 0.6) is 0 Å². The number of hydrazone groups is 1. The van der Waals surface area contributed by atoms with Crippen molar-refractivity contribution in [2.45, 2.75) is 6.92 Å². The molecule has 0 unspecified atom stereocenters. The summed E-state index contributed by atoms with van der Waals surface area (Å²) in [7, 11) is 0. The summed E-state index contributed by atoms with van der Waals surface area (Å²) in [6.07, 6.45) is 7.27. The molecule has 0 aromatic rings. The van der Waals surface area contributed by atoms with E-state index >= 15 is 0 Å². The summed E-state index contributed by atoms with van der Waals surface area (Å²) in [6.45, 7) is 2.47. The summed E-state index contributed by atoms with van der Waals surface area (Å²) in [6, 6.07) is 0. The summed E-state index contributed by atoms with van der Waals surface area (Å²) >= 11 is 0. The summed E-state index contributed by atoms with van der Waals surface area (Å²) in [5, 5.41) is 23.1. The molecule has 0 bridgehead atoms. The predicted molar refractivity (Wildman–Crippen MR) is 71.0 cm³/mol. The topological polar surface area (TPSA) is 76.4 Å². The zero-order valence-electron chi connectivity index (χ0n) is 10.8. The van der Waals surface area contributed by atoms with Gasteiger partial charge in [-0.1, -0.05) is 0 Å². The zero-order valence-corrected chi connectivity index (χ0v) is 10.8. The molecule has 0 spiro atoms. The molecule has 19 heavy (non-hydrogen) atoms. The fourth-order valence-corrected chi connectivity index (χ4v) is 2.03. The van der Waals surface area contributed by atoms with Crippen LogP contribution in [-0.4, -0.2) is 58.0 Å². The molecule has 0 atom stereocenters. The van der Waals surface area contributed by atoms with E-state index in [1.54, 1.807) is 6.92 Å². The van der Waals surface area contributed by atoms with E-state index < -0.39 is 0 Å². The van der Waals surface area contributed by atoms with Gasteiger partial charge in [0, 0.05) is 18.9 Å². The number of aliphatic hydroxyl groups excluding tert-OH is 2. The van der Waals surface area contributed by atoms with Crippen molar-refractivity contribution in [2.75, 3.05) is 26.3 Å². The summed E-state index contributed by atoms with van der Waals surface area (Å²) in [4.78, 5) is 14.0. The first kappa shape index (κ1) is 13.5. The fraction of sp³-hybridized carbons (Fsp3) is 0.385. The molecule has 6 nitrogen and oxygen atoms in total. The first-order valence-electron chi connectivity index (χ1n) is 6.13. The second kappa shape index (κ2) is 5.81. The van der Waals surface area contributed by atoms with Crippen LogP contribution in [0, 0.1) is 0 Å². The van der Waals surface area contributed by atoms with Crippen LogP contribution >= 0.6 is 0 Å². The van der Waals surface area contributed by atoms with Crippen LogP contribution in [0.1, 0.15) is 6.92 Å². The third kappa shape index (κ3) is 2.74. The largest absolute Gasteiger partial charge is 0.395 e. The van der Waals surface area contributed by atoms with Crippen molar-refractivity contribution in [2.24, 2.45) is 5.10 Å². The number of allylic oxidation sites excluding steroid dienone is 3. The van der Waals surface area contributed by atoms with Gasteiger partial charge >= 0.3 is 0 Å². The van der Waals surface area contributed by atoms with Gasteiger partial charge in [0.05, 0.1) is 31.0 Å². The van der Waals surface area contributed by atoms with E-state index in [0.717, 1.165) is 5.57 Å². The van der Waals surface area contributed by atoms with E-state index in [1.165, 1.54) is 5.01 Å². The van der Waals surface area contributed by atoms with Gasteiger partial charge in [-0.3, -0.25) is 4.79 Å². The molecule has 2 rings (SSSR count). The number of rotatable bonds is 4. The number of hydrogen-bond acceptors (Lipinski definition) is 5. The van der Waals surface area contributed by atoms with Crippen molar-refractivity contribution in [1.82, 2.24) is 9.91 Å². The molecule has 2 aliphatic rings. The van der Waals surface area contributed by atoms with Crippen LogP contribution in [0.25, 0.3) is 0 Å². The molecule has 2 heterocycles. The van der Waals surface area contributed by atoms with E-state index in [0.29, 0.717) is 17.8 Å². The summed E-state index contributed by atoms with van der Waals surface area (Å²) in [5.74, 6) is -0.188. The Bertz CT molecular complexity index is 475. The standard InChI is InChI=1S/C13H17N3O3/c1-10-12(13(19)16(14-10)7-9-18)11-2-4-15(5-3-11)6-8-17/h2-5,17-18H,6-9H2,1H3. The maximum absolute atomic E-state index is 12.1. The molecule has 6 heteroatoms. The Balaban J connectivity index is 2.21. The third-order valence-corrected chi connectivity index (χ3v) is 2.93. The monoisotopic (exact) mass is 263 g/mol. The Hall–Kier alpha value is -1.92. The number of amides is 1. The third-order valence-electron chi connectivity index (χ3n) is 2.93. The van der Waals surface area contributed by atoms with Gasteiger partial charge in [0.25, 0.3) is 5.91 Å². The molecule has 0 saturated carbocycles. The van der Waals surface area contributed by atoms with Crippen molar-refractivity contribution in [1.29, 1.82) is 0 Å². The highest BCUT2D eigenvalue weighted by molar-refractivity contribution is 6.25. The number of aliphatic hydroxyl groups is 2. The van der Waals surface area contributed by atoms with Crippen LogP contribution in [0.15, 0.2) is 40.8 Å². The molecule has 0 aliphatic carbocycles. The number of hydrogen-bond donors (Lipinski definition) is 2. The van der Waals surface area contributed by atoms with Crippen molar-refractivity contribution in [3.63, 3.8) is 0 Å². The maximum Gasteiger partial charge on any atom is 0.276 e. The van der Waals surface area contributed by atoms with Crippen molar-refractivity contribution >= 4 is 11.6 Å². The van der Waals surface area contributed by atoms with E-state index in [1.807, 2.05) is 29.5 Å². The Morgan fingerprint density at radius 3 is 2.37 bits per heavy atom. The van der Waals surface area contributed by atoms with E-state index in [-0.39, 0.29) is 25.7 Å². The van der Waals surface area contributed by atoms with Gasteiger partial charge in [0.1, 0.15) is 0 Å². The average Bonchev–Trinajstić information content (AvgIpc) is 2.67. The second-order valence-electron chi connectivity index (χ2n) is 4.26. The van der Waals surface area contributed by atoms with Gasteiger partial charge in [0.15, 0.2) is 0 Å². The lowest BCUT2D eigenvalue weighted by atomic mass is 10.0. The van der Waals surface area contributed by atoms with Crippen molar-refractivity contribution in [3.05, 3.63) is 35.7 Å². The molecule has 102 valence electrons. The lowest BCUT2D eigenvalue weighted by molar-refractivity contribution is -0.126. The predicted octanol–water partition coefficient (Wildman–Crippen LogP) is -0.171. The minimum atomic E-state index is -0.188. The van der Waals surface area contributed by atoms with E-state index in [4.69, 9.17) is 10.2 Å². The van der Waals surface area contributed by atoms with Gasteiger partial charge in [-0.25, -0.2) is 5.01 Å². The van der Waals surface area contributed by atoms with E-state index in [9.17, 15) is 4.79 Å². The van der Waals surface area contributed by atoms with Crippen molar-refractivity contribution < 1.29 is 15.0 Å². The Labute approximate surface area is 111 Å². The second-order valence-corrected chi connectivity index (χ2v) is 4.26. The minimum Gasteiger partial charge on any atom is -0.395 e. The molecule has 1 amide bonds. The van der Waals surface area contributed by atoms with E-state index in [2.05, 4.69) is 5.10 Å². The van der Waals surface area contributed by atoms with Crippen LogP contribution in [0.3, 0.4) is 0 Å². The van der Waals surface area contributed by atoms with Gasteiger partial charge < -0.3 is 15.1 Å². The number of nitrogens with zero attached hydrogens (tertiary/aromatic N) is 3. The van der Waals surface area contributed by atoms with Crippen LogP contribution < -0.4 is 0 Å². The highest BCUT2D eigenvalue weighted by Gasteiger charge is 2.29. The molecule has 2 aliphatic heterocycles.